The topological polar surface area (TPSA) is 41.1 Å². The first-order valence-corrected chi connectivity index (χ1v) is 8.29. The lowest BCUT2D eigenvalue weighted by molar-refractivity contribution is -0.122. The van der Waals surface area contributed by atoms with Gasteiger partial charge in [-0.2, -0.15) is 0 Å². The fourth-order valence-electron chi connectivity index (χ4n) is 2.10. The summed E-state index contributed by atoms with van der Waals surface area (Å²) < 4.78 is 0. The highest BCUT2D eigenvalue weighted by Crippen LogP contribution is 2.22. The van der Waals surface area contributed by atoms with Gasteiger partial charge in [0, 0.05) is 13.1 Å². The third kappa shape index (κ3) is 10.2. The van der Waals surface area contributed by atoms with Gasteiger partial charge in [0.15, 0.2) is 0 Å². The van der Waals surface area contributed by atoms with Crippen LogP contribution in [0.1, 0.15) is 73.6 Å². The second-order valence-electron chi connectivity index (χ2n) is 7.20. The van der Waals surface area contributed by atoms with Crippen LogP contribution in [0.25, 0.3) is 0 Å². The van der Waals surface area contributed by atoms with Gasteiger partial charge in [-0.15, -0.1) is 0 Å². The van der Waals surface area contributed by atoms with E-state index in [9.17, 15) is 4.79 Å². The number of carbonyl (C=O) groups is 1. The summed E-state index contributed by atoms with van der Waals surface area (Å²) in [5.41, 5.74) is 0.266. The molecular weight excluding hydrogens is 248 g/mol. The largest absolute Gasteiger partial charge is 0.355 e. The molecular formula is C17H36N2O. The molecule has 1 amide bonds. The number of hydrogen-bond donors (Lipinski definition) is 2. The number of carbonyl (C=O) groups excluding carboxylic acids is 1. The molecule has 0 rings (SSSR count). The minimum Gasteiger partial charge on any atom is -0.355 e. The summed E-state index contributed by atoms with van der Waals surface area (Å²) in [4.78, 5) is 11.9. The van der Waals surface area contributed by atoms with Gasteiger partial charge in [0.25, 0.3) is 0 Å². The summed E-state index contributed by atoms with van der Waals surface area (Å²) in [6.07, 6.45) is 6.10. The van der Waals surface area contributed by atoms with E-state index in [2.05, 4.69) is 45.3 Å². The molecule has 0 heterocycles. The monoisotopic (exact) mass is 284 g/mol. The molecule has 20 heavy (non-hydrogen) atoms. The minimum atomic E-state index is -0.104. The van der Waals surface area contributed by atoms with E-state index >= 15 is 0 Å². The lowest BCUT2D eigenvalue weighted by Gasteiger charge is -2.27. The summed E-state index contributed by atoms with van der Waals surface area (Å²) in [5.74, 6) is 0.756. The predicted octanol–water partition coefficient (Wildman–Crippen LogP) is 3.73. The summed E-state index contributed by atoms with van der Waals surface area (Å²) >= 11 is 0. The smallest absolute Gasteiger partial charge is 0.236 e. The van der Waals surface area contributed by atoms with Gasteiger partial charge in [0.05, 0.1) is 6.04 Å². The zero-order chi connectivity index (χ0) is 15.6. The Morgan fingerprint density at radius 1 is 1.15 bits per heavy atom. The van der Waals surface area contributed by atoms with Crippen LogP contribution in [-0.4, -0.2) is 25.0 Å². The molecule has 0 saturated carbocycles. The van der Waals surface area contributed by atoms with Crippen molar-refractivity contribution in [3.05, 3.63) is 0 Å². The molecule has 0 fully saturated rings. The van der Waals surface area contributed by atoms with Crippen LogP contribution in [0.3, 0.4) is 0 Å². The molecule has 0 aliphatic rings. The Morgan fingerprint density at radius 3 is 2.35 bits per heavy atom. The molecule has 0 aromatic carbocycles. The molecule has 1 atom stereocenters. The van der Waals surface area contributed by atoms with E-state index < -0.39 is 0 Å². The Labute approximate surface area is 126 Å². The normalized spacial score (nSPS) is 13.6. The number of rotatable bonds is 11. The Hall–Kier alpha value is -0.570. The fourth-order valence-corrected chi connectivity index (χ4v) is 2.10. The van der Waals surface area contributed by atoms with Crippen molar-refractivity contribution < 1.29 is 4.79 Å². The molecule has 0 aromatic rings. The molecule has 2 N–H and O–H groups in total. The molecule has 0 aliphatic heterocycles. The summed E-state index contributed by atoms with van der Waals surface area (Å²) in [7, 11) is 0. The van der Waals surface area contributed by atoms with Crippen molar-refractivity contribution in [1.82, 2.24) is 10.6 Å². The predicted molar refractivity (Wildman–Crippen MR) is 87.9 cm³/mol. The summed E-state index contributed by atoms with van der Waals surface area (Å²) in [6.45, 7) is 14.8. The maximum Gasteiger partial charge on any atom is 0.236 e. The standard InChI is InChI=1S/C17H36N2O/c1-7-8-9-11-17(5,6)13-19-15(4)16(20)18-12-10-14(2)3/h14-15,19H,7-13H2,1-6H3,(H,18,20). The van der Waals surface area contributed by atoms with Gasteiger partial charge in [0.1, 0.15) is 0 Å². The van der Waals surface area contributed by atoms with Crippen molar-refractivity contribution >= 4 is 5.91 Å². The maximum atomic E-state index is 11.9. The van der Waals surface area contributed by atoms with Crippen molar-refractivity contribution in [1.29, 1.82) is 0 Å². The molecule has 0 spiro atoms. The van der Waals surface area contributed by atoms with Crippen LogP contribution in [-0.2, 0) is 4.79 Å². The third-order valence-electron chi connectivity index (χ3n) is 3.76. The Kier molecular flexibility index (Phi) is 9.91. The van der Waals surface area contributed by atoms with E-state index in [0.717, 1.165) is 19.5 Å². The Bertz CT molecular complexity index is 262. The van der Waals surface area contributed by atoms with Gasteiger partial charge in [-0.05, 0) is 31.1 Å². The lowest BCUT2D eigenvalue weighted by Crippen LogP contribution is -2.45. The van der Waals surface area contributed by atoms with Crippen LogP contribution < -0.4 is 10.6 Å². The average Bonchev–Trinajstić information content (AvgIpc) is 2.35. The van der Waals surface area contributed by atoms with Crippen molar-refractivity contribution in [2.45, 2.75) is 79.7 Å². The molecule has 0 radical (unpaired) electrons. The van der Waals surface area contributed by atoms with Gasteiger partial charge >= 0.3 is 0 Å². The first-order valence-electron chi connectivity index (χ1n) is 8.29. The Balaban J connectivity index is 3.88. The molecule has 3 nitrogen and oxygen atoms in total. The molecule has 120 valence electrons. The highest BCUT2D eigenvalue weighted by molar-refractivity contribution is 5.81. The zero-order valence-electron chi connectivity index (χ0n) is 14.5. The number of unbranched alkanes of at least 4 members (excludes halogenated alkanes) is 2. The van der Waals surface area contributed by atoms with Crippen LogP contribution in [0, 0.1) is 11.3 Å². The van der Waals surface area contributed by atoms with E-state index in [0.29, 0.717) is 5.92 Å². The van der Waals surface area contributed by atoms with E-state index in [-0.39, 0.29) is 17.4 Å². The molecule has 3 heteroatoms. The van der Waals surface area contributed by atoms with E-state index in [1.165, 1.54) is 25.7 Å². The number of hydrogen-bond acceptors (Lipinski definition) is 2. The third-order valence-corrected chi connectivity index (χ3v) is 3.76. The highest BCUT2D eigenvalue weighted by atomic mass is 16.2. The molecule has 0 aliphatic carbocycles. The zero-order valence-corrected chi connectivity index (χ0v) is 14.5. The van der Waals surface area contributed by atoms with Crippen LogP contribution in [0.15, 0.2) is 0 Å². The van der Waals surface area contributed by atoms with E-state index in [1.54, 1.807) is 0 Å². The molecule has 1 unspecified atom stereocenters. The van der Waals surface area contributed by atoms with Gasteiger partial charge < -0.3 is 10.6 Å². The summed E-state index contributed by atoms with van der Waals surface area (Å²) in [5, 5.41) is 6.38. The Morgan fingerprint density at radius 2 is 1.80 bits per heavy atom. The second kappa shape index (κ2) is 10.2. The highest BCUT2D eigenvalue weighted by Gasteiger charge is 2.20. The molecule has 0 aromatic heterocycles. The minimum absolute atomic E-state index is 0.104. The van der Waals surface area contributed by atoms with Crippen molar-refractivity contribution in [3.8, 4) is 0 Å². The maximum absolute atomic E-state index is 11.9. The van der Waals surface area contributed by atoms with Crippen LogP contribution in [0.4, 0.5) is 0 Å². The second-order valence-corrected chi connectivity index (χ2v) is 7.20. The van der Waals surface area contributed by atoms with E-state index in [4.69, 9.17) is 0 Å². The summed E-state index contributed by atoms with van der Waals surface area (Å²) in [6, 6.07) is -0.104. The average molecular weight is 284 g/mol. The quantitative estimate of drug-likeness (QED) is 0.568. The van der Waals surface area contributed by atoms with Crippen molar-refractivity contribution in [2.24, 2.45) is 11.3 Å². The van der Waals surface area contributed by atoms with Crippen LogP contribution in [0.5, 0.6) is 0 Å². The lowest BCUT2D eigenvalue weighted by atomic mass is 9.86. The van der Waals surface area contributed by atoms with Crippen molar-refractivity contribution in [3.63, 3.8) is 0 Å². The van der Waals surface area contributed by atoms with E-state index in [1.807, 2.05) is 6.92 Å². The van der Waals surface area contributed by atoms with Crippen LogP contribution >= 0.6 is 0 Å². The van der Waals surface area contributed by atoms with Crippen molar-refractivity contribution in [2.75, 3.05) is 13.1 Å². The fraction of sp³-hybridized carbons (Fsp3) is 0.941. The first-order chi connectivity index (χ1) is 9.28. The molecule has 0 bridgehead atoms. The first kappa shape index (κ1) is 19.4. The van der Waals surface area contributed by atoms with Gasteiger partial charge in [-0.25, -0.2) is 0 Å². The van der Waals surface area contributed by atoms with Crippen LogP contribution in [0.2, 0.25) is 0 Å². The SMILES string of the molecule is CCCCCC(C)(C)CNC(C)C(=O)NCCC(C)C. The number of amides is 1. The molecule has 0 saturated heterocycles. The van der Waals surface area contributed by atoms with Gasteiger partial charge in [-0.3, -0.25) is 4.79 Å². The van der Waals surface area contributed by atoms with Gasteiger partial charge in [-0.1, -0.05) is 53.9 Å². The number of nitrogens with one attached hydrogen (secondary N) is 2. The van der Waals surface area contributed by atoms with Gasteiger partial charge in [0.2, 0.25) is 5.91 Å².